The van der Waals surface area contributed by atoms with Crippen molar-refractivity contribution in [2.45, 2.75) is 6.92 Å². The summed E-state index contributed by atoms with van der Waals surface area (Å²) in [4.78, 5) is 19.0. The maximum Gasteiger partial charge on any atom is 0.261 e. The molecule has 4 rings (SSSR count). The van der Waals surface area contributed by atoms with Crippen LogP contribution in [0.2, 0.25) is 5.02 Å². The number of halogens is 1. The minimum atomic E-state index is -0.215. The maximum absolute atomic E-state index is 13.0. The highest BCUT2D eigenvalue weighted by molar-refractivity contribution is 6.39. The quantitative estimate of drug-likeness (QED) is 0.522. The molecule has 0 unspecified atom stereocenters. The molecule has 5 nitrogen and oxygen atoms in total. The summed E-state index contributed by atoms with van der Waals surface area (Å²) in [5.74, 6) is -0.215. The second kappa shape index (κ2) is 6.85. The molecule has 0 spiro atoms. The molecule has 6 heteroatoms. The molecule has 0 aliphatic heterocycles. The lowest BCUT2D eigenvalue weighted by Crippen LogP contribution is -2.26. The van der Waals surface area contributed by atoms with E-state index >= 15 is 0 Å². The lowest BCUT2D eigenvalue weighted by molar-refractivity contribution is 0.0993. The molecular formula is C21H17ClN4O. The van der Waals surface area contributed by atoms with E-state index in [1.54, 1.807) is 16.6 Å². The fourth-order valence-electron chi connectivity index (χ4n) is 3.06. The highest BCUT2D eigenvalue weighted by atomic mass is 35.5. The summed E-state index contributed by atoms with van der Waals surface area (Å²) >= 11 is 6.63. The van der Waals surface area contributed by atoms with Gasteiger partial charge in [0.15, 0.2) is 5.65 Å². The lowest BCUT2D eigenvalue weighted by atomic mass is 10.1. The molecule has 0 bridgehead atoms. The molecule has 0 atom stereocenters. The summed E-state index contributed by atoms with van der Waals surface area (Å²) in [5.41, 5.74) is 3.38. The van der Waals surface area contributed by atoms with Crippen molar-refractivity contribution in [2.75, 3.05) is 11.9 Å². The zero-order valence-electron chi connectivity index (χ0n) is 14.9. The molecule has 0 aliphatic rings. The largest absolute Gasteiger partial charge is 0.311 e. The smallest absolute Gasteiger partial charge is 0.261 e. The van der Waals surface area contributed by atoms with Crippen LogP contribution in [-0.4, -0.2) is 27.7 Å². The zero-order chi connectivity index (χ0) is 19.0. The summed E-state index contributed by atoms with van der Waals surface area (Å²) < 4.78 is 1.74. The van der Waals surface area contributed by atoms with Crippen LogP contribution in [0.25, 0.3) is 16.7 Å². The molecule has 27 heavy (non-hydrogen) atoms. The highest BCUT2D eigenvalue weighted by Crippen LogP contribution is 2.31. The van der Waals surface area contributed by atoms with Crippen LogP contribution in [-0.2, 0) is 0 Å². The lowest BCUT2D eigenvalue weighted by Gasteiger charge is -2.18. The topological polar surface area (TPSA) is 51.0 Å². The molecule has 2 heterocycles. The number of pyridine rings is 1. The van der Waals surface area contributed by atoms with E-state index < -0.39 is 0 Å². The van der Waals surface area contributed by atoms with E-state index in [9.17, 15) is 4.79 Å². The van der Waals surface area contributed by atoms with Crippen LogP contribution in [0.1, 0.15) is 16.1 Å². The summed E-state index contributed by atoms with van der Waals surface area (Å²) in [6.45, 7) is 1.87. The Hall–Kier alpha value is -3.18. The van der Waals surface area contributed by atoms with Gasteiger partial charge in [0, 0.05) is 18.9 Å². The monoisotopic (exact) mass is 376 g/mol. The number of para-hydroxylation sites is 2. The predicted molar refractivity (Wildman–Crippen MR) is 108 cm³/mol. The molecule has 0 N–H and O–H groups in total. The number of aryl methyl sites for hydroxylation is 1. The Morgan fingerprint density at radius 2 is 1.67 bits per heavy atom. The van der Waals surface area contributed by atoms with Gasteiger partial charge in [0.25, 0.3) is 5.91 Å². The van der Waals surface area contributed by atoms with Crippen LogP contribution in [0.15, 0.2) is 66.9 Å². The third-order valence-electron chi connectivity index (χ3n) is 4.49. The number of hydrogen-bond donors (Lipinski definition) is 0. The number of carbonyl (C=O) groups excluding carboxylic acids is 1. The van der Waals surface area contributed by atoms with Crippen LogP contribution in [0.5, 0.6) is 0 Å². The van der Waals surface area contributed by atoms with Crippen molar-refractivity contribution < 1.29 is 4.79 Å². The molecule has 2 aromatic heterocycles. The Morgan fingerprint density at radius 3 is 2.33 bits per heavy atom. The molecule has 0 fully saturated rings. The maximum atomic E-state index is 13.0. The Balaban J connectivity index is 1.82. The van der Waals surface area contributed by atoms with Gasteiger partial charge in [0.1, 0.15) is 0 Å². The predicted octanol–water partition coefficient (Wildman–Crippen LogP) is 4.66. The molecule has 0 aliphatic carbocycles. The Kier molecular flexibility index (Phi) is 4.38. The Morgan fingerprint density at radius 1 is 1.04 bits per heavy atom. The standard InChI is InChI=1S/C21H17ClN4O/c1-14-18-19(22)17(21(27)25(2)15-9-5-3-6-10-15)13-23-20(18)26(24-14)16-11-7-4-8-12-16/h3-13H,1-2H3. The van der Waals surface area contributed by atoms with E-state index in [0.717, 1.165) is 17.1 Å². The highest BCUT2D eigenvalue weighted by Gasteiger charge is 2.22. The summed E-state index contributed by atoms with van der Waals surface area (Å²) in [6, 6.07) is 19.1. The normalized spacial score (nSPS) is 10.9. The molecule has 0 saturated carbocycles. The van der Waals surface area contributed by atoms with Crippen molar-refractivity contribution in [1.29, 1.82) is 0 Å². The Labute approximate surface area is 161 Å². The molecule has 2 aromatic carbocycles. The van der Waals surface area contributed by atoms with Crippen LogP contribution in [0.4, 0.5) is 5.69 Å². The van der Waals surface area contributed by atoms with Gasteiger partial charge in [0.2, 0.25) is 0 Å². The molecule has 4 aromatic rings. The molecule has 0 saturated heterocycles. The van der Waals surface area contributed by atoms with Crippen molar-refractivity contribution in [3.8, 4) is 5.69 Å². The molecule has 1 amide bonds. The van der Waals surface area contributed by atoms with Gasteiger partial charge in [-0.2, -0.15) is 5.10 Å². The minimum absolute atomic E-state index is 0.215. The number of nitrogens with zero attached hydrogens (tertiary/aromatic N) is 4. The van der Waals surface area contributed by atoms with Crippen molar-refractivity contribution in [3.63, 3.8) is 0 Å². The summed E-state index contributed by atoms with van der Waals surface area (Å²) in [6.07, 6.45) is 1.52. The van der Waals surface area contributed by atoms with Gasteiger partial charge >= 0.3 is 0 Å². The van der Waals surface area contributed by atoms with E-state index in [2.05, 4.69) is 10.1 Å². The fourth-order valence-corrected chi connectivity index (χ4v) is 3.41. The number of aromatic nitrogens is 3. The number of anilines is 1. The van der Waals surface area contributed by atoms with Gasteiger partial charge in [-0.1, -0.05) is 48.0 Å². The van der Waals surface area contributed by atoms with Crippen molar-refractivity contribution in [1.82, 2.24) is 14.8 Å². The first kappa shape index (κ1) is 17.2. The average molecular weight is 377 g/mol. The molecule has 134 valence electrons. The van der Waals surface area contributed by atoms with E-state index in [1.807, 2.05) is 67.6 Å². The number of benzene rings is 2. The van der Waals surface area contributed by atoms with Gasteiger partial charge in [0.05, 0.1) is 27.4 Å². The SMILES string of the molecule is Cc1nn(-c2ccccc2)c2ncc(C(=O)N(C)c3ccccc3)c(Cl)c12. The van der Waals surface area contributed by atoms with Crippen LogP contribution >= 0.6 is 11.6 Å². The number of amides is 1. The second-order valence-corrected chi connectivity index (χ2v) is 6.59. The van der Waals surface area contributed by atoms with Crippen molar-refractivity contribution in [3.05, 3.63) is 83.1 Å². The van der Waals surface area contributed by atoms with E-state index in [4.69, 9.17) is 11.6 Å². The zero-order valence-corrected chi connectivity index (χ0v) is 15.7. The first-order valence-electron chi connectivity index (χ1n) is 8.50. The van der Waals surface area contributed by atoms with E-state index in [0.29, 0.717) is 21.6 Å². The third kappa shape index (κ3) is 2.96. The van der Waals surface area contributed by atoms with E-state index in [-0.39, 0.29) is 5.91 Å². The van der Waals surface area contributed by atoms with Gasteiger partial charge < -0.3 is 4.90 Å². The molecular weight excluding hydrogens is 360 g/mol. The van der Waals surface area contributed by atoms with Gasteiger partial charge in [-0.15, -0.1) is 0 Å². The van der Waals surface area contributed by atoms with Crippen molar-refractivity contribution in [2.24, 2.45) is 0 Å². The minimum Gasteiger partial charge on any atom is -0.311 e. The first-order chi connectivity index (χ1) is 13.1. The van der Waals surface area contributed by atoms with Crippen LogP contribution in [0, 0.1) is 6.92 Å². The van der Waals surface area contributed by atoms with Gasteiger partial charge in [-0.25, -0.2) is 9.67 Å². The van der Waals surface area contributed by atoms with E-state index in [1.165, 1.54) is 6.20 Å². The fraction of sp³-hybridized carbons (Fsp3) is 0.0952. The average Bonchev–Trinajstić information content (AvgIpc) is 3.06. The number of carbonyl (C=O) groups is 1. The number of hydrogen-bond acceptors (Lipinski definition) is 3. The van der Waals surface area contributed by atoms with Gasteiger partial charge in [-0.05, 0) is 31.2 Å². The summed E-state index contributed by atoms with van der Waals surface area (Å²) in [7, 11) is 1.72. The molecule has 0 radical (unpaired) electrons. The summed E-state index contributed by atoms with van der Waals surface area (Å²) in [5, 5.41) is 5.62. The van der Waals surface area contributed by atoms with Crippen LogP contribution in [0.3, 0.4) is 0 Å². The van der Waals surface area contributed by atoms with Crippen LogP contribution < -0.4 is 4.90 Å². The second-order valence-electron chi connectivity index (χ2n) is 6.22. The third-order valence-corrected chi connectivity index (χ3v) is 4.88. The number of fused-ring (bicyclic) bond motifs is 1. The Bertz CT molecular complexity index is 1120. The van der Waals surface area contributed by atoms with Crippen molar-refractivity contribution >= 4 is 34.2 Å². The van der Waals surface area contributed by atoms with Gasteiger partial charge in [-0.3, -0.25) is 4.79 Å². The first-order valence-corrected chi connectivity index (χ1v) is 8.88. The number of rotatable bonds is 3.